The van der Waals surface area contributed by atoms with Crippen LogP contribution < -0.4 is 5.32 Å². The number of halogens is 1. The standard InChI is InChI=1S/C9H10BrN3/c1-11-5-9-12-4-8-3-2-7(10)6-13(8)9/h2-4,6,11H,5H2,1H3. The van der Waals surface area contributed by atoms with Crippen LogP contribution in [-0.2, 0) is 6.54 Å². The molecule has 2 aromatic heterocycles. The molecule has 0 bridgehead atoms. The molecule has 0 radical (unpaired) electrons. The molecule has 68 valence electrons. The summed E-state index contributed by atoms with van der Waals surface area (Å²) in [4.78, 5) is 4.31. The van der Waals surface area contributed by atoms with E-state index in [1.165, 1.54) is 0 Å². The van der Waals surface area contributed by atoms with Gasteiger partial charge >= 0.3 is 0 Å². The van der Waals surface area contributed by atoms with Gasteiger partial charge in [-0.1, -0.05) is 0 Å². The lowest BCUT2D eigenvalue weighted by molar-refractivity contribution is 0.755. The van der Waals surface area contributed by atoms with Crippen LogP contribution in [0.5, 0.6) is 0 Å². The van der Waals surface area contributed by atoms with Crippen LogP contribution in [0.2, 0.25) is 0 Å². The zero-order valence-electron chi connectivity index (χ0n) is 7.29. The molecule has 3 nitrogen and oxygen atoms in total. The van der Waals surface area contributed by atoms with Crippen molar-refractivity contribution < 1.29 is 0 Å². The number of hydrogen-bond acceptors (Lipinski definition) is 2. The van der Waals surface area contributed by atoms with Gasteiger partial charge in [0.1, 0.15) is 5.82 Å². The van der Waals surface area contributed by atoms with Crippen LogP contribution in [0.1, 0.15) is 5.82 Å². The highest BCUT2D eigenvalue weighted by Gasteiger charge is 2.01. The summed E-state index contributed by atoms with van der Waals surface area (Å²) in [7, 11) is 1.92. The van der Waals surface area contributed by atoms with E-state index in [0.717, 1.165) is 22.4 Å². The van der Waals surface area contributed by atoms with Gasteiger partial charge in [0.15, 0.2) is 0 Å². The zero-order valence-corrected chi connectivity index (χ0v) is 8.87. The van der Waals surface area contributed by atoms with Crippen molar-refractivity contribution in [3.63, 3.8) is 0 Å². The summed E-state index contributed by atoms with van der Waals surface area (Å²) >= 11 is 3.43. The third kappa shape index (κ3) is 1.59. The Hall–Kier alpha value is -0.870. The fourth-order valence-corrected chi connectivity index (χ4v) is 1.64. The number of nitrogens with zero attached hydrogens (tertiary/aromatic N) is 2. The average Bonchev–Trinajstić information content (AvgIpc) is 2.49. The van der Waals surface area contributed by atoms with E-state index in [1.807, 2.05) is 31.6 Å². The van der Waals surface area contributed by atoms with Gasteiger partial charge in [-0.3, -0.25) is 0 Å². The minimum absolute atomic E-state index is 0.782. The number of hydrogen-bond donors (Lipinski definition) is 1. The fraction of sp³-hybridized carbons (Fsp3) is 0.222. The molecule has 2 rings (SSSR count). The van der Waals surface area contributed by atoms with E-state index in [2.05, 4.69) is 30.6 Å². The van der Waals surface area contributed by atoms with Gasteiger partial charge in [-0.25, -0.2) is 4.98 Å². The Morgan fingerprint density at radius 2 is 2.38 bits per heavy atom. The fourth-order valence-electron chi connectivity index (χ4n) is 1.31. The second-order valence-corrected chi connectivity index (χ2v) is 3.76. The van der Waals surface area contributed by atoms with Crippen LogP contribution in [0, 0.1) is 0 Å². The molecule has 0 aromatic carbocycles. The van der Waals surface area contributed by atoms with Gasteiger partial charge in [0.25, 0.3) is 0 Å². The van der Waals surface area contributed by atoms with Gasteiger partial charge in [0.2, 0.25) is 0 Å². The molecular formula is C9H10BrN3. The second kappa shape index (κ2) is 3.47. The number of rotatable bonds is 2. The molecule has 0 aliphatic carbocycles. The van der Waals surface area contributed by atoms with Crippen molar-refractivity contribution in [2.24, 2.45) is 0 Å². The number of fused-ring (bicyclic) bond motifs is 1. The van der Waals surface area contributed by atoms with E-state index in [-0.39, 0.29) is 0 Å². The lowest BCUT2D eigenvalue weighted by atomic mass is 10.4. The average molecular weight is 240 g/mol. The van der Waals surface area contributed by atoms with Gasteiger partial charge in [-0.05, 0) is 35.1 Å². The van der Waals surface area contributed by atoms with E-state index in [1.54, 1.807) is 0 Å². The SMILES string of the molecule is CNCc1ncc2ccc(Br)cn12. The molecule has 0 amide bonds. The van der Waals surface area contributed by atoms with Gasteiger partial charge in [0.05, 0.1) is 18.3 Å². The maximum Gasteiger partial charge on any atom is 0.127 e. The predicted molar refractivity (Wildman–Crippen MR) is 55.7 cm³/mol. The Balaban J connectivity index is 2.58. The molecule has 4 heteroatoms. The molecule has 0 saturated heterocycles. The lowest BCUT2D eigenvalue weighted by Crippen LogP contribution is -2.08. The first kappa shape index (κ1) is 8.72. The van der Waals surface area contributed by atoms with Gasteiger partial charge < -0.3 is 9.72 Å². The maximum absolute atomic E-state index is 4.31. The molecular weight excluding hydrogens is 230 g/mol. The highest BCUT2D eigenvalue weighted by atomic mass is 79.9. The van der Waals surface area contributed by atoms with Gasteiger partial charge in [-0.15, -0.1) is 0 Å². The van der Waals surface area contributed by atoms with Crippen molar-refractivity contribution in [1.29, 1.82) is 0 Å². The topological polar surface area (TPSA) is 29.3 Å². The molecule has 13 heavy (non-hydrogen) atoms. The van der Waals surface area contributed by atoms with E-state index >= 15 is 0 Å². The molecule has 0 spiro atoms. The maximum atomic E-state index is 4.31. The molecule has 1 N–H and O–H groups in total. The van der Waals surface area contributed by atoms with Crippen LogP contribution >= 0.6 is 15.9 Å². The monoisotopic (exact) mass is 239 g/mol. The molecule has 2 heterocycles. The van der Waals surface area contributed by atoms with E-state index in [0.29, 0.717) is 0 Å². The van der Waals surface area contributed by atoms with Crippen molar-refractivity contribution >= 4 is 21.4 Å². The minimum Gasteiger partial charge on any atom is -0.313 e. The summed E-state index contributed by atoms with van der Waals surface area (Å²) in [6, 6.07) is 4.05. The Morgan fingerprint density at radius 1 is 1.54 bits per heavy atom. The van der Waals surface area contributed by atoms with E-state index < -0.39 is 0 Å². The van der Waals surface area contributed by atoms with Crippen molar-refractivity contribution in [2.45, 2.75) is 6.54 Å². The first-order valence-corrected chi connectivity index (χ1v) is 4.86. The highest BCUT2D eigenvalue weighted by Crippen LogP contribution is 2.13. The summed E-state index contributed by atoms with van der Waals surface area (Å²) in [6.07, 6.45) is 3.90. The molecule has 0 fully saturated rings. The number of aromatic nitrogens is 2. The molecule has 2 aromatic rings. The summed E-state index contributed by atoms with van der Waals surface area (Å²) in [6.45, 7) is 0.782. The molecule has 0 atom stereocenters. The number of imidazole rings is 1. The predicted octanol–water partition coefficient (Wildman–Crippen LogP) is 1.82. The van der Waals surface area contributed by atoms with Crippen LogP contribution in [-0.4, -0.2) is 16.4 Å². The summed E-state index contributed by atoms with van der Waals surface area (Å²) in [5.74, 6) is 1.03. The third-order valence-electron chi connectivity index (χ3n) is 1.90. The van der Waals surface area contributed by atoms with Gasteiger partial charge in [0, 0.05) is 10.7 Å². The largest absolute Gasteiger partial charge is 0.313 e. The second-order valence-electron chi connectivity index (χ2n) is 2.85. The Morgan fingerprint density at radius 3 is 3.15 bits per heavy atom. The summed E-state index contributed by atoms with van der Waals surface area (Å²) < 4.78 is 3.14. The Labute approximate surface area is 84.9 Å². The number of pyridine rings is 1. The highest BCUT2D eigenvalue weighted by molar-refractivity contribution is 9.10. The van der Waals surface area contributed by atoms with Gasteiger partial charge in [-0.2, -0.15) is 0 Å². The lowest BCUT2D eigenvalue weighted by Gasteiger charge is -2.00. The zero-order chi connectivity index (χ0) is 9.26. The first-order valence-electron chi connectivity index (χ1n) is 4.07. The van der Waals surface area contributed by atoms with Crippen LogP contribution in [0.4, 0.5) is 0 Å². The van der Waals surface area contributed by atoms with E-state index in [9.17, 15) is 0 Å². The van der Waals surface area contributed by atoms with Crippen LogP contribution in [0.15, 0.2) is 29.0 Å². The molecule has 0 unspecified atom stereocenters. The first-order chi connectivity index (χ1) is 6.31. The Kier molecular flexibility index (Phi) is 2.33. The number of nitrogens with one attached hydrogen (secondary N) is 1. The Bertz CT molecular complexity index is 422. The van der Waals surface area contributed by atoms with E-state index in [4.69, 9.17) is 0 Å². The molecule has 0 aliphatic rings. The normalized spacial score (nSPS) is 10.9. The van der Waals surface area contributed by atoms with Crippen molar-refractivity contribution in [3.8, 4) is 0 Å². The summed E-state index contributed by atoms with van der Waals surface area (Å²) in [5.41, 5.74) is 1.12. The van der Waals surface area contributed by atoms with Crippen molar-refractivity contribution in [3.05, 3.63) is 34.8 Å². The minimum atomic E-state index is 0.782. The quantitative estimate of drug-likeness (QED) is 0.867. The third-order valence-corrected chi connectivity index (χ3v) is 2.37. The smallest absolute Gasteiger partial charge is 0.127 e. The van der Waals surface area contributed by atoms with Crippen LogP contribution in [0.3, 0.4) is 0 Å². The van der Waals surface area contributed by atoms with Crippen molar-refractivity contribution in [2.75, 3.05) is 7.05 Å². The molecule has 0 saturated carbocycles. The van der Waals surface area contributed by atoms with Crippen LogP contribution in [0.25, 0.3) is 5.52 Å². The van der Waals surface area contributed by atoms with Crippen molar-refractivity contribution in [1.82, 2.24) is 14.7 Å². The molecule has 0 aliphatic heterocycles. The summed E-state index contributed by atoms with van der Waals surface area (Å²) in [5, 5.41) is 3.08.